The molecule has 0 saturated carbocycles. The van der Waals surface area contributed by atoms with Crippen LogP contribution in [0.4, 0.5) is 0 Å². The van der Waals surface area contributed by atoms with Gasteiger partial charge in [0.1, 0.15) is 0 Å². The van der Waals surface area contributed by atoms with Crippen LogP contribution in [-0.4, -0.2) is 175 Å². The standard InChI is InChI=1S/C67H108O28/c1-83-55(70)29-4-5-31-57(72)85-43-18-19-45-87-59(74)33-8-9-35-61(76)89-47-22-23-49-91-63(78)37-12-13-39-65(80)93-51-26-27-53-95-67(82)41-15-14-40-66(81)94-52-25-24-50-92-64(79)38-11-10-36-62(77)90-48-21-20-46-88-60(75)34-7-6-32-58(73)86-44-17-16-42-84-56(71)30-3-2-28-54(68)69/h2-53H2,1H3,(H,68,69). The average Bonchev–Trinajstić information content (AvgIpc) is 3.65. The average molecular weight is 1360 g/mol. The molecule has 0 unspecified atom stereocenters. The minimum Gasteiger partial charge on any atom is -0.481 e. The fourth-order valence-corrected chi connectivity index (χ4v) is 8.20. The molecule has 0 aliphatic carbocycles. The van der Waals surface area contributed by atoms with E-state index in [9.17, 15) is 67.1 Å². The minimum atomic E-state index is -0.903. The van der Waals surface area contributed by atoms with E-state index in [0.717, 1.165) is 0 Å². The lowest BCUT2D eigenvalue weighted by Crippen LogP contribution is -2.10. The van der Waals surface area contributed by atoms with Gasteiger partial charge in [-0.25, -0.2) is 0 Å². The number of aliphatic carboxylic acids is 1. The summed E-state index contributed by atoms with van der Waals surface area (Å²) in [5, 5.41) is 8.60. The van der Waals surface area contributed by atoms with E-state index < -0.39 is 41.8 Å². The number of hydrogen-bond donors (Lipinski definition) is 1. The summed E-state index contributed by atoms with van der Waals surface area (Å²) in [6.45, 7) is 2.17. The highest BCUT2D eigenvalue weighted by Gasteiger charge is 2.14. The van der Waals surface area contributed by atoms with Gasteiger partial charge in [0.2, 0.25) is 0 Å². The van der Waals surface area contributed by atoms with Crippen molar-refractivity contribution in [1.29, 1.82) is 0 Å². The van der Waals surface area contributed by atoms with Crippen molar-refractivity contribution in [2.75, 3.05) is 86.4 Å². The van der Waals surface area contributed by atoms with Crippen LogP contribution in [0.5, 0.6) is 0 Å². The summed E-state index contributed by atoms with van der Waals surface area (Å²) in [6, 6.07) is 0. The van der Waals surface area contributed by atoms with E-state index in [1.54, 1.807) is 0 Å². The molecule has 0 aromatic rings. The quantitative estimate of drug-likeness (QED) is 0.0336. The Labute approximate surface area is 558 Å². The van der Waals surface area contributed by atoms with Gasteiger partial charge >= 0.3 is 83.6 Å². The molecule has 0 aromatic heterocycles. The molecule has 1 N–H and O–H groups in total. The maximum Gasteiger partial charge on any atom is 0.305 e. The van der Waals surface area contributed by atoms with Gasteiger partial charge in [-0.3, -0.25) is 67.1 Å². The first-order valence-corrected chi connectivity index (χ1v) is 34.1. The zero-order valence-electron chi connectivity index (χ0n) is 56.2. The van der Waals surface area contributed by atoms with Gasteiger partial charge in [0.15, 0.2) is 0 Å². The van der Waals surface area contributed by atoms with E-state index in [2.05, 4.69) is 4.74 Å². The van der Waals surface area contributed by atoms with E-state index in [-0.39, 0.29) is 211 Å². The van der Waals surface area contributed by atoms with E-state index in [4.69, 9.17) is 61.9 Å². The van der Waals surface area contributed by atoms with Gasteiger partial charge in [0.05, 0.1) is 86.4 Å². The maximum absolute atomic E-state index is 12.1. The molecule has 0 aliphatic rings. The van der Waals surface area contributed by atoms with Crippen LogP contribution in [0.3, 0.4) is 0 Å². The summed E-state index contributed by atoms with van der Waals surface area (Å²) < 4.78 is 66.7. The van der Waals surface area contributed by atoms with Crippen LogP contribution in [0.25, 0.3) is 0 Å². The summed E-state index contributed by atoms with van der Waals surface area (Å²) in [4.78, 5) is 165. The third-order valence-electron chi connectivity index (χ3n) is 13.7. The molecule has 0 aromatic carbocycles. The molecular weight excluding hydrogens is 1250 g/mol. The maximum atomic E-state index is 12.1. The molecule has 0 heterocycles. The van der Waals surface area contributed by atoms with Gasteiger partial charge in [-0.05, 0) is 167 Å². The smallest absolute Gasteiger partial charge is 0.305 e. The second-order valence-corrected chi connectivity index (χ2v) is 22.3. The highest BCUT2D eigenvalue weighted by Crippen LogP contribution is 2.12. The monoisotopic (exact) mass is 1360 g/mol. The second kappa shape index (κ2) is 63.9. The topological polar surface area (TPSA) is 379 Å². The molecule has 0 atom stereocenters. The molecule has 544 valence electrons. The minimum absolute atomic E-state index is 0.0142. The van der Waals surface area contributed by atoms with Gasteiger partial charge in [-0.2, -0.15) is 0 Å². The molecule has 28 heteroatoms. The Bertz CT molecular complexity index is 2180. The van der Waals surface area contributed by atoms with Gasteiger partial charge in [-0.15, -0.1) is 0 Å². The van der Waals surface area contributed by atoms with Gasteiger partial charge in [-0.1, -0.05) is 0 Å². The van der Waals surface area contributed by atoms with Crippen molar-refractivity contribution in [3.8, 4) is 0 Å². The molecule has 28 nitrogen and oxygen atoms in total. The Hall–Kier alpha value is -7.42. The van der Waals surface area contributed by atoms with Crippen molar-refractivity contribution in [3.05, 3.63) is 0 Å². The molecule has 0 spiro atoms. The molecule has 0 fully saturated rings. The largest absolute Gasteiger partial charge is 0.481 e. The molecule has 95 heavy (non-hydrogen) atoms. The fourth-order valence-electron chi connectivity index (χ4n) is 8.20. The van der Waals surface area contributed by atoms with Crippen molar-refractivity contribution in [1.82, 2.24) is 0 Å². The highest BCUT2D eigenvalue weighted by atomic mass is 16.6. The van der Waals surface area contributed by atoms with E-state index in [1.165, 1.54) is 7.11 Å². The van der Waals surface area contributed by atoms with Crippen LogP contribution in [0, 0.1) is 0 Å². The Balaban J connectivity index is 3.59. The van der Waals surface area contributed by atoms with Crippen molar-refractivity contribution < 1.29 is 134 Å². The number of esters is 13. The first kappa shape index (κ1) is 87.6. The van der Waals surface area contributed by atoms with E-state index in [1.807, 2.05) is 0 Å². The molecule has 0 radical (unpaired) electrons. The van der Waals surface area contributed by atoms with Gasteiger partial charge in [0, 0.05) is 89.9 Å². The van der Waals surface area contributed by atoms with Crippen LogP contribution in [0.1, 0.15) is 257 Å². The zero-order valence-corrected chi connectivity index (χ0v) is 56.2. The molecule has 0 saturated heterocycles. The van der Waals surface area contributed by atoms with Crippen molar-refractivity contribution in [2.45, 2.75) is 257 Å². The third-order valence-corrected chi connectivity index (χ3v) is 13.7. The van der Waals surface area contributed by atoms with Crippen LogP contribution in [0.2, 0.25) is 0 Å². The number of carbonyl (C=O) groups excluding carboxylic acids is 13. The number of carboxylic acids is 1. The predicted octanol–water partition coefficient (Wildman–Crippen LogP) is 9.37. The van der Waals surface area contributed by atoms with Crippen molar-refractivity contribution in [3.63, 3.8) is 0 Å². The summed E-state index contributed by atoms with van der Waals surface area (Å²) in [5.74, 6) is -5.83. The normalized spacial score (nSPS) is 10.7. The third kappa shape index (κ3) is 65.0. The number of hydrogen-bond acceptors (Lipinski definition) is 27. The van der Waals surface area contributed by atoms with Crippen LogP contribution < -0.4 is 0 Å². The SMILES string of the molecule is COC(=O)CCCCC(=O)OCCCCOC(=O)CCCCC(=O)OCCCCOC(=O)CCCCC(=O)OCCCCOC(=O)CCCCC(=O)OCCCCOC(=O)CCCCC(=O)OCCCCOC(=O)CCCCC(=O)OCCCCOC(=O)CCCCC(=O)O. The predicted molar refractivity (Wildman–Crippen MR) is 336 cm³/mol. The molecule has 0 amide bonds. The summed E-state index contributed by atoms with van der Waals surface area (Å²) in [5.41, 5.74) is 0. The fraction of sp³-hybridized carbons (Fsp3) is 0.791. The lowest BCUT2D eigenvalue weighted by molar-refractivity contribution is -0.147. The van der Waals surface area contributed by atoms with E-state index >= 15 is 0 Å². The number of methoxy groups -OCH3 is 1. The molecular formula is C67H108O28. The summed E-state index contributed by atoms with van der Waals surface area (Å²) >= 11 is 0. The Morgan fingerprint density at radius 2 is 0.274 bits per heavy atom. The summed E-state index contributed by atoms with van der Waals surface area (Å²) in [7, 11) is 1.31. The van der Waals surface area contributed by atoms with Gasteiger partial charge in [0.25, 0.3) is 0 Å². The Morgan fingerprint density at radius 3 is 0.379 bits per heavy atom. The molecule has 0 aliphatic heterocycles. The molecule has 0 bridgehead atoms. The lowest BCUT2D eigenvalue weighted by Gasteiger charge is -2.08. The first-order chi connectivity index (χ1) is 45.9. The van der Waals surface area contributed by atoms with Crippen LogP contribution in [0.15, 0.2) is 0 Å². The number of ether oxygens (including phenoxy) is 13. The van der Waals surface area contributed by atoms with Crippen LogP contribution >= 0.6 is 0 Å². The van der Waals surface area contributed by atoms with Crippen LogP contribution in [-0.2, 0) is 129 Å². The van der Waals surface area contributed by atoms with Gasteiger partial charge < -0.3 is 66.7 Å². The number of unbranched alkanes of at least 4 members (excludes halogenated alkanes) is 13. The Kier molecular flexibility index (Phi) is 59.0. The van der Waals surface area contributed by atoms with E-state index in [0.29, 0.717) is 167 Å². The van der Waals surface area contributed by atoms with Crippen molar-refractivity contribution in [2.24, 2.45) is 0 Å². The molecule has 0 rings (SSSR count). The number of rotatable bonds is 65. The highest BCUT2D eigenvalue weighted by molar-refractivity contribution is 5.74. The second-order valence-electron chi connectivity index (χ2n) is 22.3. The Morgan fingerprint density at radius 1 is 0.168 bits per heavy atom. The lowest BCUT2D eigenvalue weighted by atomic mass is 10.2. The summed E-state index contributed by atoms with van der Waals surface area (Å²) in [6.07, 6.45) is 14.8. The zero-order chi connectivity index (χ0) is 70.0. The van der Waals surface area contributed by atoms with Crippen molar-refractivity contribution >= 4 is 83.6 Å². The number of carbonyl (C=O) groups is 14. The first-order valence-electron chi connectivity index (χ1n) is 34.1. The number of carboxylic acid groups (broad SMARTS) is 1.